The molecule has 0 aromatic carbocycles. The van der Waals surface area contributed by atoms with Crippen molar-refractivity contribution in [3.8, 4) is 0 Å². The number of hydrogen-bond donors (Lipinski definition) is 1. The maximum Gasteiger partial charge on any atom is 0.252 e. The second-order valence-corrected chi connectivity index (χ2v) is 6.47. The Kier molecular flexibility index (Phi) is 3.61. The molecular formula is C16H24N4O. The summed E-state index contributed by atoms with van der Waals surface area (Å²) in [6, 6.07) is 2.82. The molecule has 3 rings (SSSR count). The topological polar surface area (TPSA) is 62.5 Å². The van der Waals surface area contributed by atoms with Gasteiger partial charge in [-0.05, 0) is 58.3 Å². The van der Waals surface area contributed by atoms with E-state index in [0.29, 0.717) is 17.6 Å². The Hall–Kier alpha value is -1.62. The van der Waals surface area contributed by atoms with Gasteiger partial charge in [0.05, 0.1) is 5.56 Å². The smallest absolute Gasteiger partial charge is 0.252 e. The normalized spacial score (nSPS) is 26.0. The zero-order valence-corrected chi connectivity index (χ0v) is 13.1. The largest absolute Gasteiger partial charge is 0.365 e. The van der Waals surface area contributed by atoms with Crippen molar-refractivity contribution in [3.63, 3.8) is 0 Å². The molecule has 21 heavy (non-hydrogen) atoms. The van der Waals surface area contributed by atoms with Gasteiger partial charge in [0.15, 0.2) is 0 Å². The highest BCUT2D eigenvalue weighted by Gasteiger charge is 2.38. The molecule has 0 unspecified atom stereocenters. The summed E-state index contributed by atoms with van der Waals surface area (Å²) in [5.41, 5.74) is 8.17. The number of likely N-dealkylation sites (tertiary alicyclic amines) is 1. The Morgan fingerprint density at radius 3 is 2.71 bits per heavy atom. The monoisotopic (exact) mass is 288 g/mol. The number of nitrogens with two attached hydrogens (primary N) is 1. The number of carbonyl (C=O) groups excluding carboxylic acids is 1. The Morgan fingerprint density at radius 2 is 2.00 bits per heavy atom. The lowest BCUT2D eigenvalue weighted by molar-refractivity contribution is 0.1000. The van der Waals surface area contributed by atoms with Gasteiger partial charge in [-0.25, -0.2) is 4.98 Å². The predicted octanol–water partition coefficient (Wildman–Crippen LogP) is 1.47. The van der Waals surface area contributed by atoms with Crippen LogP contribution in [0.15, 0.2) is 6.07 Å². The van der Waals surface area contributed by atoms with Gasteiger partial charge < -0.3 is 15.5 Å². The third-order valence-corrected chi connectivity index (χ3v) is 4.94. The summed E-state index contributed by atoms with van der Waals surface area (Å²) in [6.45, 7) is 6.11. The molecule has 1 aromatic rings. The van der Waals surface area contributed by atoms with Crippen molar-refractivity contribution in [1.29, 1.82) is 0 Å². The van der Waals surface area contributed by atoms with Gasteiger partial charge in [0.1, 0.15) is 5.82 Å². The molecule has 0 saturated carbocycles. The molecule has 0 radical (unpaired) electrons. The maximum absolute atomic E-state index is 11.9. The number of carbonyl (C=O) groups is 1. The number of amides is 1. The number of hydrogen-bond acceptors (Lipinski definition) is 4. The quantitative estimate of drug-likeness (QED) is 0.895. The van der Waals surface area contributed by atoms with Crippen LogP contribution in [0, 0.1) is 13.8 Å². The molecular weight excluding hydrogens is 264 g/mol. The third-order valence-electron chi connectivity index (χ3n) is 4.94. The number of primary amides is 1. The van der Waals surface area contributed by atoms with Crippen LogP contribution < -0.4 is 10.6 Å². The van der Waals surface area contributed by atoms with Gasteiger partial charge in [0.25, 0.3) is 5.91 Å². The van der Waals surface area contributed by atoms with Crippen LogP contribution >= 0.6 is 0 Å². The molecule has 2 saturated heterocycles. The molecule has 0 aliphatic carbocycles. The molecule has 2 bridgehead atoms. The highest BCUT2D eigenvalue weighted by Crippen LogP contribution is 2.35. The molecule has 114 valence electrons. The van der Waals surface area contributed by atoms with Crippen molar-refractivity contribution in [2.24, 2.45) is 5.73 Å². The highest BCUT2D eigenvalue weighted by molar-refractivity contribution is 5.98. The second kappa shape index (κ2) is 5.30. The second-order valence-electron chi connectivity index (χ2n) is 6.47. The number of aryl methyl sites for hydroxylation is 2. The van der Waals surface area contributed by atoms with Gasteiger partial charge in [-0.1, -0.05) is 0 Å². The van der Waals surface area contributed by atoms with Crippen LogP contribution in [0.1, 0.15) is 40.9 Å². The number of nitrogens with zero attached hydrogens (tertiary/aromatic N) is 3. The van der Waals surface area contributed by atoms with E-state index in [-0.39, 0.29) is 5.91 Å². The van der Waals surface area contributed by atoms with Gasteiger partial charge in [0, 0.05) is 24.3 Å². The predicted molar refractivity (Wildman–Crippen MR) is 83.6 cm³/mol. The first-order chi connectivity index (χ1) is 9.97. The summed E-state index contributed by atoms with van der Waals surface area (Å²) in [5.74, 6) is 0.422. The molecule has 5 heteroatoms. The molecule has 2 fully saturated rings. The van der Waals surface area contributed by atoms with Crippen LogP contribution in [0.3, 0.4) is 0 Å². The lowest BCUT2D eigenvalue weighted by atomic mass is 10.1. The average molecular weight is 288 g/mol. The standard InChI is InChI=1S/C16H24N4O/c1-10-8-14(15(17)21)16(18-11(10)2)20-12-4-5-13(20)9-19(3)7-6-12/h8,12-13H,4-7,9H2,1-3H3,(H2,17,21)/t12-,13+/m1/s1. The van der Waals surface area contributed by atoms with E-state index in [9.17, 15) is 4.79 Å². The van der Waals surface area contributed by atoms with Gasteiger partial charge in [0.2, 0.25) is 0 Å². The number of likely N-dealkylation sites (N-methyl/N-ethyl adjacent to an activating group) is 1. The van der Waals surface area contributed by atoms with E-state index in [0.717, 1.165) is 36.6 Å². The summed E-state index contributed by atoms with van der Waals surface area (Å²) in [5, 5.41) is 0. The van der Waals surface area contributed by atoms with E-state index in [1.807, 2.05) is 19.9 Å². The van der Waals surface area contributed by atoms with Crippen molar-refractivity contribution >= 4 is 11.7 Å². The fraction of sp³-hybridized carbons (Fsp3) is 0.625. The summed E-state index contributed by atoms with van der Waals surface area (Å²) < 4.78 is 0. The number of aromatic nitrogens is 1. The van der Waals surface area contributed by atoms with Crippen molar-refractivity contribution in [2.45, 2.75) is 45.2 Å². The van der Waals surface area contributed by atoms with E-state index in [2.05, 4.69) is 16.8 Å². The summed E-state index contributed by atoms with van der Waals surface area (Å²) >= 11 is 0. The molecule has 1 aromatic heterocycles. The van der Waals surface area contributed by atoms with E-state index in [1.54, 1.807) is 0 Å². The van der Waals surface area contributed by atoms with Gasteiger partial charge in [-0.3, -0.25) is 4.79 Å². The minimum Gasteiger partial charge on any atom is -0.365 e. The third kappa shape index (κ3) is 2.50. The van der Waals surface area contributed by atoms with Gasteiger partial charge in [-0.2, -0.15) is 0 Å². The van der Waals surface area contributed by atoms with E-state index in [1.165, 1.54) is 12.8 Å². The molecule has 1 amide bonds. The van der Waals surface area contributed by atoms with Gasteiger partial charge in [-0.15, -0.1) is 0 Å². The Bertz CT molecular complexity index is 572. The summed E-state index contributed by atoms with van der Waals surface area (Å²) in [4.78, 5) is 21.3. The molecule has 5 nitrogen and oxygen atoms in total. The molecule has 2 N–H and O–H groups in total. The van der Waals surface area contributed by atoms with Crippen molar-refractivity contribution in [3.05, 3.63) is 22.9 Å². The van der Waals surface area contributed by atoms with Crippen LogP contribution in [-0.2, 0) is 0 Å². The Morgan fingerprint density at radius 1 is 1.29 bits per heavy atom. The van der Waals surface area contributed by atoms with Crippen molar-refractivity contribution < 1.29 is 4.79 Å². The molecule has 3 heterocycles. The van der Waals surface area contributed by atoms with Crippen LogP contribution in [0.5, 0.6) is 0 Å². The van der Waals surface area contributed by atoms with E-state index >= 15 is 0 Å². The number of rotatable bonds is 2. The van der Waals surface area contributed by atoms with Crippen molar-refractivity contribution in [1.82, 2.24) is 9.88 Å². The zero-order valence-electron chi connectivity index (χ0n) is 13.1. The summed E-state index contributed by atoms with van der Waals surface area (Å²) in [6.07, 6.45) is 3.48. The van der Waals surface area contributed by atoms with Crippen LogP contribution in [0.2, 0.25) is 0 Å². The number of pyridine rings is 1. The first-order valence-corrected chi connectivity index (χ1v) is 7.72. The lowest BCUT2D eigenvalue weighted by Crippen LogP contribution is -2.40. The maximum atomic E-state index is 11.9. The number of fused-ring (bicyclic) bond motifs is 2. The van der Waals surface area contributed by atoms with Crippen molar-refractivity contribution in [2.75, 3.05) is 25.0 Å². The lowest BCUT2D eigenvalue weighted by Gasteiger charge is -2.31. The fourth-order valence-electron chi connectivity index (χ4n) is 3.66. The van der Waals surface area contributed by atoms with Crippen LogP contribution in [0.25, 0.3) is 0 Å². The van der Waals surface area contributed by atoms with E-state index < -0.39 is 0 Å². The van der Waals surface area contributed by atoms with Gasteiger partial charge >= 0.3 is 0 Å². The van der Waals surface area contributed by atoms with E-state index in [4.69, 9.17) is 10.7 Å². The first kappa shape index (κ1) is 14.3. The minimum atomic E-state index is -0.377. The Labute approximate surface area is 126 Å². The number of anilines is 1. The first-order valence-electron chi connectivity index (χ1n) is 7.72. The van der Waals surface area contributed by atoms with Crippen LogP contribution in [0.4, 0.5) is 5.82 Å². The fourth-order valence-corrected chi connectivity index (χ4v) is 3.66. The Balaban J connectivity index is 2.07. The molecule has 2 atom stereocenters. The minimum absolute atomic E-state index is 0.377. The SMILES string of the molecule is Cc1cc(C(N)=O)c(N2[C@@H]3CC[C@H]2CN(C)CC3)nc1C. The molecule has 2 aliphatic heterocycles. The van der Waals surface area contributed by atoms with Crippen LogP contribution in [-0.4, -0.2) is 48.0 Å². The molecule has 0 spiro atoms. The zero-order chi connectivity index (χ0) is 15.1. The molecule has 2 aliphatic rings. The average Bonchev–Trinajstić information content (AvgIpc) is 2.72. The highest BCUT2D eigenvalue weighted by atomic mass is 16.1. The summed E-state index contributed by atoms with van der Waals surface area (Å²) in [7, 11) is 2.17.